The summed E-state index contributed by atoms with van der Waals surface area (Å²) in [7, 11) is 0. The van der Waals surface area contributed by atoms with Crippen LogP contribution in [0.3, 0.4) is 0 Å². The number of rotatable bonds is 27. The van der Waals surface area contributed by atoms with E-state index in [2.05, 4.69) is 20.8 Å². The van der Waals surface area contributed by atoms with Crippen molar-refractivity contribution in [1.29, 1.82) is 0 Å². The number of hydrogen-bond acceptors (Lipinski definition) is 21. The van der Waals surface area contributed by atoms with Crippen molar-refractivity contribution in [2.75, 3.05) is 33.0 Å². The van der Waals surface area contributed by atoms with Crippen LogP contribution in [0, 0.1) is 78.8 Å². The van der Waals surface area contributed by atoms with Crippen molar-refractivity contribution >= 4 is 59.7 Å². The highest BCUT2D eigenvalue weighted by molar-refractivity contribution is 6.02. The quantitative estimate of drug-likeness (QED) is 0.0391. The predicted molar refractivity (Wildman–Crippen MR) is 380 cm³/mol. The molecule has 2 heterocycles. The maximum Gasteiger partial charge on any atom is 0.344 e. The largest absolute Gasteiger partial charge is 0.480 e. The first kappa shape index (κ1) is 89.8. The molecule has 0 aromatic carbocycles. The fourth-order valence-electron chi connectivity index (χ4n) is 14.3. The number of carboxylic acids is 1. The van der Waals surface area contributed by atoms with Gasteiger partial charge in [0.2, 0.25) is 0 Å². The molecule has 0 aromatic rings. The SMILES string of the molecule is CCC(C)(C)C(=O)OC(CC)(CC)C1CCCC1.CCC(C)(C)C(=O)OC1C2CC3C1OC(=O)C3(C(=O)O)C2.CCC(C)(C)C(=O)OC1C2CC3C1OC(=O)C3(C)C2.CCC(C)(C)C(=O)OCC(=O)OC(C)(C)C1CCCCC1.CCC(C)(C)C(=O)OCCO.CCC(C)(C)C(=O)OCCO. The van der Waals surface area contributed by atoms with Crippen LogP contribution in [0.1, 0.15) is 294 Å². The number of fused-ring (bicyclic) bond motifs is 2. The first-order valence-corrected chi connectivity index (χ1v) is 38.0. The van der Waals surface area contributed by atoms with Gasteiger partial charge >= 0.3 is 59.7 Å². The van der Waals surface area contributed by atoms with Crippen LogP contribution in [0.5, 0.6) is 0 Å². The van der Waals surface area contributed by atoms with Crippen LogP contribution in [0.15, 0.2) is 0 Å². The summed E-state index contributed by atoms with van der Waals surface area (Å²) in [6.45, 7) is 44.0. The van der Waals surface area contributed by atoms with Crippen LogP contribution in [0.4, 0.5) is 0 Å². The molecule has 101 heavy (non-hydrogen) atoms. The van der Waals surface area contributed by atoms with E-state index in [-0.39, 0.29) is 128 Å². The van der Waals surface area contributed by atoms with E-state index in [1.165, 1.54) is 44.9 Å². The van der Waals surface area contributed by atoms with Gasteiger partial charge in [0.25, 0.3) is 0 Å². The molecule has 8 aliphatic rings. The van der Waals surface area contributed by atoms with Crippen LogP contribution in [0.25, 0.3) is 0 Å². The Labute approximate surface area is 604 Å². The number of aliphatic hydroxyl groups excluding tert-OH is 2. The van der Waals surface area contributed by atoms with Crippen LogP contribution in [-0.4, -0.2) is 144 Å². The molecule has 6 saturated carbocycles. The maximum atomic E-state index is 12.4. The fourth-order valence-corrected chi connectivity index (χ4v) is 14.3. The van der Waals surface area contributed by atoms with E-state index < -0.39 is 68.2 Å². The first-order valence-electron chi connectivity index (χ1n) is 38.0. The van der Waals surface area contributed by atoms with E-state index in [0.29, 0.717) is 37.0 Å². The van der Waals surface area contributed by atoms with E-state index >= 15 is 0 Å². The highest BCUT2D eigenvalue weighted by Gasteiger charge is 2.75. The first-order chi connectivity index (χ1) is 46.7. The molecule has 8 rings (SSSR count). The number of aliphatic carboxylic acids is 1. The molecular formula is C79H134O22. The summed E-state index contributed by atoms with van der Waals surface area (Å²) in [4.78, 5) is 118. The monoisotopic (exact) mass is 1430 g/mol. The van der Waals surface area contributed by atoms with E-state index in [4.69, 9.17) is 52.8 Å². The van der Waals surface area contributed by atoms with Gasteiger partial charge in [-0.15, -0.1) is 0 Å². The maximum absolute atomic E-state index is 12.4. The Hall–Kier alpha value is -5.38. The zero-order valence-electron chi connectivity index (χ0n) is 66.3. The summed E-state index contributed by atoms with van der Waals surface area (Å²) in [6, 6.07) is 0. The topological polar surface area (TPSA) is 314 Å². The van der Waals surface area contributed by atoms with E-state index in [9.17, 15) is 53.1 Å². The third-order valence-corrected chi connectivity index (χ3v) is 24.5. The molecule has 0 spiro atoms. The summed E-state index contributed by atoms with van der Waals surface area (Å²) >= 11 is 0. The summed E-state index contributed by atoms with van der Waals surface area (Å²) in [5, 5.41) is 26.2. The average Bonchev–Trinajstić information content (AvgIpc) is 1.54. The van der Waals surface area contributed by atoms with Crippen LogP contribution in [-0.2, 0) is 90.6 Å². The fraction of sp³-hybridized carbons (Fsp3) is 0.873. The van der Waals surface area contributed by atoms with Crippen molar-refractivity contribution in [3.05, 3.63) is 0 Å². The number of carbonyl (C=O) groups is 10. The molecule has 8 fully saturated rings. The molecule has 22 heteroatoms. The minimum Gasteiger partial charge on any atom is -0.480 e. The Kier molecular flexibility index (Phi) is 33.0. The molecule has 582 valence electrons. The number of hydrogen-bond donors (Lipinski definition) is 3. The minimum atomic E-state index is -1.40. The molecule has 6 aliphatic carbocycles. The molecule has 0 aromatic heterocycles. The molecule has 22 nitrogen and oxygen atoms in total. The number of esters is 9. The molecule has 10 unspecified atom stereocenters. The molecule has 4 bridgehead atoms. The Morgan fingerprint density at radius 3 is 1.21 bits per heavy atom. The Morgan fingerprint density at radius 1 is 0.446 bits per heavy atom. The van der Waals surface area contributed by atoms with Gasteiger partial charge in [-0.3, -0.25) is 43.2 Å². The highest BCUT2D eigenvalue weighted by Crippen LogP contribution is 2.64. The molecule has 2 saturated heterocycles. The van der Waals surface area contributed by atoms with Gasteiger partial charge in [0.15, 0.2) is 12.0 Å². The van der Waals surface area contributed by atoms with Crippen molar-refractivity contribution in [2.45, 2.75) is 330 Å². The lowest BCUT2D eigenvalue weighted by Crippen LogP contribution is -2.45. The molecule has 10 atom stereocenters. The molecule has 3 N–H and O–H groups in total. The van der Waals surface area contributed by atoms with Crippen molar-refractivity contribution in [1.82, 2.24) is 0 Å². The van der Waals surface area contributed by atoms with Crippen molar-refractivity contribution in [3.8, 4) is 0 Å². The summed E-state index contributed by atoms with van der Waals surface area (Å²) in [5.41, 5.74) is -5.22. The zero-order valence-corrected chi connectivity index (χ0v) is 66.3. The second kappa shape index (κ2) is 37.0. The predicted octanol–water partition coefficient (Wildman–Crippen LogP) is 14.2. The summed E-state index contributed by atoms with van der Waals surface area (Å²) < 4.78 is 48.2. The second-order valence-electron chi connectivity index (χ2n) is 34.1. The van der Waals surface area contributed by atoms with Gasteiger partial charge in [-0.05, 0) is 218 Å². The van der Waals surface area contributed by atoms with Gasteiger partial charge in [-0.1, -0.05) is 87.5 Å². The number of aliphatic hydroxyl groups is 2. The Balaban J connectivity index is 0.000000321. The van der Waals surface area contributed by atoms with Crippen molar-refractivity contribution in [2.24, 2.45) is 78.8 Å². The smallest absolute Gasteiger partial charge is 0.344 e. The number of carboxylic acid groups (broad SMARTS) is 1. The lowest BCUT2D eigenvalue weighted by Gasteiger charge is -2.39. The zero-order chi connectivity index (χ0) is 77.3. The van der Waals surface area contributed by atoms with Gasteiger partial charge in [0.05, 0.1) is 51.1 Å². The van der Waals surface area contributed by atoms with E-state index in [1.54, 1.807) is 0 Å². The Morgan fingerprint density at radius 2 is 0.802 bits per heavy atom. The lowest BCUT2D eigenvalue weighted by atomic mass is 9.73. The molecule has 2 aliphatic heterocycles. The lowest BCUT2D eigenvalue weighted by molar-refractivity contribution is -0.178. The third kappa shape index (κ3) is 21.9. The standard InChI is InChI=1S/C17H30O4.C16H30O2.C15H20O6.C15H22O4.2C8H16O3/c1-6-16(2,3)15(19)20-12-14(18)21-17(4,5)13-10-8-7-9-11-13;1-6-15(4,5)14(17)18-16(7-2,8-3)13-11-9-10-12-13;1-4-14(2,3)12(18)20-9-7-5-8-10(9)21-13(19)15(8,6-7)11(16)17;1-5-14(2,3)12(16)18-10-8-6-9-11(10)19-13(17)15(9,4)7-8;2*1-4-8(2,3)7(10)11-6-5-9/h13H,6-12H2,1-5H3;13H,6-12H2,1-5H3;7-10H,4-6H2,1-3H3,(H,16,17);8-11H,5-7H2,1-4H3;2*9H,4-6H2,1-3H3. The van der Waals surface area contributed by atoms with Crippen molar-refractivity contribution in [3.63, 3.8) is 0 Å². The van der Waals surface area contributed by atoms with Gasteiger partial charge < -0.3 is 58.0 Å². The number of ether oxygens (including phenoxy) is 9. The normalized spacial score (nSPS) is 25.8. The molecule has 0 radical (unpaired) electrons. The van der Waals surface area contributed by atoms with E-state index in [1.807, 2.05) is 138 Å². The molecular weight excluding hydrogens is 1300 g/mol. The van der Waals surface area contributed by atoms with Gasteiger partial charge in [-0.2, -0.15) is 0 Å². The van der Waals surface area contributed by atoms with Crippen LogP contribution >= 0.6 is 0 Å². The second-order valence-corrected chi connectivity index (χ2v) is 34.1. The van der Waals surface area contributed by atoms with Gasteiger partial charge in [-0.25, -0.2) is 4.79 Å². The van der Waals surface area contributed by atoms with Crippen LogP contribution in [0.2, 0.25) is 0 Å². The summed E-state index contributed by atoms with van der Waals surface area (Å²) in [6.07, 6.45) is 18.2. The third-order valence-electron chi connectivity index (χ3n) is 24.5. The van der Waals surface area contributed by atoms with Gasteiger partial charge in [0.1, 0.15) is 48.8 Å². The summed E-state index contributed by atoms with van der Waals surface area (Å²) in [5.74, 6) is -2.61. The highest BCUT2D eigenvalue weighted by atomic mass is 16.6. The average molecular weight is 1440 g/mol. The minimum absolute atomic E-state index is 0.0133. The van der Waals surface area contributed by atoms with Crippen molar-refractivity contribution < 1.29 is 106 Å². The van der Waals surface area contributed by atoms with Crippen LogP contribution < -0.4 is 0 Å². The number of carbonyl (C=O) groups excluding carboxylic acids is 9. The Bertz CT molecular complexity index is 2740. The van der Waals surface area contributed by atoms with Gasteiger partial charge in [0, 0.05) is 23.7 Å². The van der Waals surface area contributed by atoms with E-state index in [0.717, 1.165) is 64.2 Å². The molecule has 0 amide bonds.